The number of fused-ring (bicyclic) bond motifs is 1. The molecule has 0 radical (unpaired) electrons. The van der Waals surface area contributed by atoms with E-state index in [9.17, 15) is 9.90 Å². The van der Waals surface area contributed by atoms with Gasteiger partial charge in [0.25, 0.3) is 0 Å². The molecule has 1 aliphatic heterocycles. The molecule has 1 aromatic rings. The highest BCUT2D eigenvalue weighted by Crippen LogP contribution is 2.42. The summed E-state index contributed by atoms with van der Waals surface area (Å²) >= 11 is 0. The van der Waals surface area contributed by atoms with E-state index in [1.165, 1.54) is 12.8 Å². The molecule has 102 valence electrons. The van der Waals surface area contributed by atoms with E-state index >= 15 is 0 Å². The molecule has 2 aliphatic rings. The Balaban J connectivity index is 1.76. The summed E-state index contributed by atoms with van der Waals surface area (Å²) in [5.41, 5.74) is 2.11. The smallest absolute Gasteiger partial charge is 0.321 e. The van der Waals surface area contributed by atoms with Gasteiger partial charge < -0.3 is 5.11 Å². The second kappa shape index (κ2) is 4.93. The minimum absolute atomic E-state index is 0.310. The summed E-state index contributed by atoms with van der Waals surface area (Å²) in [5.74, 6) is 0.260. The van der Waals surface area contributed by atoms with Crippen LogP contribution >= 0.6 is 0 Å². The SMILES string of the molecule is Cc1ccc(CN2CC3CCCC3C2C(=O)O)nc1. The van der Waals surface area contributed by atoms with Gasteiger partial charge in [-0.05, 0) is 43.2 Å². The number of carbonyl (C=O) groups is 1. The molecule has 0 bridgehead atoms. The van der Waals surface area contributed by atoms with Gasteiger partial charge in [0.05, 0.1) is 5.69 Å². The van der Waals surface area contributed by atoms with Gasteiger partial charge in [-0.25, -0.2) is 0 Å². The van der Waals surface area contributed by atoms with Gasteiger partial charge in [-0.2, -0.15) is 0 Å². The van der Waals surface area contributed by atoms with Crippen LogP contribution in [0.1, 0.15) is 30.5 Å². The number of aromatic nitrogens is 1. The summed E-state index contributed by atoms with van der Waals surface area (Å²) in [7, 11) is 0. The van der Waals surface area contributed by atoms with Gasteiger partial charge >= 0.3 is 5.97 Å². The molecule has 3 unspecified atom stereocenters. The molecule has 0 aromatic carbocycles. The maximum atomic E-state index is 11.5. The molecule has 1 saturated carbocycles. The number of rotatable bonds is 3. The highest BCUT2D eigenvalue weighted by Gasteiger charge is 2.47. The molecule has 4 heteroatoms. The lowest BCUT2D eigenvalue weighted by Gasteiger charge is -2.23. The van der Waals surface area contributed by atoms with E-state index in [0.717, 1.165) is 24.2 Å². The van der Waals surface area contributed by atoms with Crippen LogP contribution in [0.5, 0.6) is 0 Å². The van der Waals surface area contributed by atoms with Crippen molar-refractivity contribution in [2.75, 3.05) is 6.54 Å². The van der Waals surface area contributed by atoms with Crippen molar-refractivity contribution in [2.45, 2.75) is 38.8 Å². The second-order valence-corrected chi connectivity index (χ2v) is 5.89. The number of aliphatic carboxylic acids is 1. The van der Waals surface area contributed by atoms with Gasteiger partial charge in [0.2, 0.25) is 0 Å². The quantitative estimate of drug-likeness (QED) is 0.904. The number of likely N-dealkylation sites (tertiary alicyclic amines) is 1. The zero-order valence-corrected chi connectivity index (χ0v) is 11.2. The fraction of sp³-hybridized carbons (Fsp3) is 0.600. The lowest BCUT2D eigenvalue weighted by Crippen LogP contribution is -2.39. The molecule has 1 aliphatic carbocycles. The fourth-order valence-electron chi connectivity index (χ4n) is 3.70. The molecular formula is C15H20N2O2. The minimum atomic E-state index is -0.665. The van der Waals surface area contributed by atoms with Crippen molar-refractivity contribution < 1.29 is 9.90 Å². The Kier molecular flexibility index (Phi) is 3.27. The summed E-state index contributed by atoms with van der Waals surface area (Å²) in [6.45, 7) is 3.58. The Labute approximate surface area is 113 Å². The first kappa shape index (κ1) is 12.6. The Morgan fingerprint density at radius 2 is 2.32 bits per heavy atom. The molecule has 1 aromatic heterocycles. The number of nitrogens with zero attached hydrogens (tertiary/aromatic N) is 2. The molecular weight excluding hydrogens is 240 g/mol. The molecule has 0 amide bonds. The zero-order valence-electron chi connectivity index (χ0n) is 11.2. The van der Waals surface area contributed by atoms with Gasteiger partial charge in [-0.1, -0.05) is 12.5 Å². The van der Waals surface area contributed by atoms with E-state index in [1.807, 2.05) is 25.3 Å². The third kappa shape index (κ3) is 2.37. The molecule has 2 fully saturated rings. The van der Waals surface area contributed by atoms with Crippen LogP contribution in [-0.2, 0) is 11.3 Å². The van der Waals surface area contributed by atoms with Crippen molar-refractivity contribution in [3.8, 4) is 0 Å². The molecule has 2 heterocycles. The van der Waals surface area contributed by atoms with Crippen LogP contribution in [0.4, 0.5) is 0 Å². The van der Waals surface area contributed by atoms with Gasteiger partial charge in [0.15, 0.2) is 0 Å². The Bertz CT molecular complexity index is 472. The van der Waals surface area contributed by atoms with Crippen molar-refractivity contribution in [3.05, 3.63) is 29.6 Å². The predicted molar refractivity (Wildman–Crippen MR) is 71.6 cm³/mol. The van der Waals surface area contributed by atoms with Crippen molar-refractivity contribution >= 4 is 5.97 Å². The summed E-state index contributed by atoms with van der Waals surface area (Å²) < 4.78 is 0. The van der Waals surface area contributed by atoms with Crippen molar-refractivity contribution in [1.82, 2.24) is 9.88 Å². The number of carboxylic acids is 1. The average molecular weight is 260 g/mol. The third-order valence-electron chi connectivity index (χ3n) is 4.58. The lowest BCUT2D eigenvalue weighted by atomic mass is 9.94. The van der Waals surface area contributed by atoms with Gasteiger partial charge in [-0.3, -0.25) is 14.7 Å². The summed E-state index contributed by atoms with van der Waals surface area (Å²) in [4.78, 5) is 18.0. The standard InChI is InChI=1S/C15H20N2O2/c1-10-5-6-12(16-7-10)9-17-8-11-3-2-4-13(11)14(17)15(18)19/h5-7,11,13-14H,2-4,8-9H2,1H3,(H,18,19). The van der Waals surface area contributed by atoms with Crippen LogP contribution in [0.2, 0.25) is 0 Å². The maximum Gasteiger partial charge on any atom is 0.321 e. The first-order chi connectivity index (χ1) is 9.15. The molecule has 4 nitrogen and oxygen atoms in total. The first-order valence-corrected chi connectivity index (χ1v) is 7.03. The van der Waals surface area contributed by atoms with Gasteiger partial charge in [-0.15, -0.1) is 0 Å². The molecule has 19 heavy (non-hydrogen) atoms. The van der Waals surface area contributed by atoms with E-state index in [2.05, 4.69) is 9.88 Å². The van der Waals surface area contributed by atoms with Crippen LogP contribution in [-0.4, -0.2) is 33.5 Å². The summed E-state index contributed by atoms with van der Waals surface area (Å²) in [6, 6.07) is 3.73. The highest BCUT2D eigenvalue weighted by molar-refractivity contribution is 5.74. The topological polar surface area (TPSA) is 53.4 Å². The van der Waals surface area contributed by atoms with Crippen LogP contribution < -0.4 is 0 Å². The van der Waals surface area contributed by atoms with E-state index in [-0.39, 0.29) is 6.04 Å². The van der Waals surface area contributed by atoms with E-state index in [4.69, 9.17) is 0 Å². The Hall–Kier alpha value is -1.42. The number of carboxylic acid groups (broad SMARTS) is 1. The van der Waals surface area contributed by atoms with Crippen molar-refractivity contribution in [1.29, 1.82) is 0 Å². The van der Waals surface area contributed by atoms with Crippen molar-refractivity contribution in [3.63, 3.8) is 0 Å². The summed E-state index contributed by atoms with van der Waals surface area (Å²) in [6.07, 6.45) is 5.30. The third-order valence-corrected chi connectivity index (χ3v) is 4.58. The lowest BCUT2D eigenvalue weighted by molar-refractivity contribution is -0.143. The van der Waals surface area contributed by atoms with Crippen LogP contribution in [0, 0.1) is 18.8 Å². The van der Waals surface area contributed by atoms with Gasteiger partial charge in [0, 0.05) is 19.3 Å². The monoisotopic (exact) mass is 260 g/mol. The molecule has 3 atom stereocenters. The van der Waals surface area contributed by atoms with E-state index in [0.29, 0.717) is 18.4 Å². The second-order valence-electron chi connectivity index (χ2n) is 5.89. The largest absolute Gasteiger partial charge is 0.480 e. The van der Waals surface area contributed by atoms with E-state index in [1.54, 1.807) is 0 Å². The first-order valence-electron chi connectivity index (χ1n) is 7.03. The normalized spacial score (nSPS) is 30.5. The zero-order chi connectivity index (χ0) is 13.4. The maximum absolute atomic E-state index is 11.5. The number of hydrogen-bond acceptors (Lipinski definition) is 3. The van der Waals surface area contributed by atoms with Crippen LogP contribution in [0.15, 0.2) is 18.3 Å². The summed E-state index contributed by atoms with van der Waals surface area (Å²) in [5, 5.41) is 9.49. The number of hydrogen-bond donors (Lipinski definition) is 1. The highest BCUT2D eigenvalue weighted by atomic mass is 16.4. The van der Waals surface area contributed by atoms with Crippen molar-refractivity contribution in [2.24, 2.45) is 11.8 Å². The Morgan fingerprint density at radius 1 is 1.47 bits per heavy atom. The van der Waals surface area contributed by atoms with Crippen LogP contribution in [0.3, 0.4) is 0 Å². The number of aryl methyl sites for hydroxylation is 1. The number of pyridine rings is 1. The molecule has 0 spiro atoms. The van der Waals surface area contributed by atoms with Gasteiger partial charge in [0.1, 0.15) is 6.04 Å². The minimum Gasteiger partial charge on any atom is -0.480 e. The predicted octanol–water partition coefficient (Wildman–Crippen LogP) is 2.08. The molecule has 1 N–H and O–H groups in total. The Morgan fingerprint density at radius 3 is 3.00 bits per heavy atom. The van der Waals surface area contributed by atoms with E-state index < -0.39 is 5.97 Å². The molecule has 1 saturated heterocycles. The average Bonchev–Trinajstić information content (AvgIpc) is 2.91. The molecule has 3 rings (SSSR count). The van der Waals surface area contributed by atoms with Crippen LogP contribution in [0.25, 0.3) is 0 Å². The fourth-order valence-corrected chi connectivity index (χ4v) is 3.70.